The Morgan fingerprint density at radius 2 is 1.54 bits per heavy atom. The average Bonchev–Trinajstić information content (AvgIpc) is 3.43. The molecule has 0 amide bonds. The summed E-state index contributed by atoms with van der Waals surface area (Å²) < 4.78 is 6.08. The third-order valence-electron chi connectivity index (χ3n) is 8.65. The van der Waals surface area contributed by atoms with Gasteiger partial charge in [-0.1, -0.05) is 96.5 Å². The zero-order chi connectivity index (χ0) is 28.3. The SMILES string of the molecule is CCOc1ccccc1[C@H]1[C@H](C(=O)c2ccccc2)N2c3ccc(Cl)cc3C=C[C@@H]2C12C(=O)c1ccccc1C2=O. The Balaban J connectivity index is 1.57. The second-order valence-corrected chi connectivity index (χ2v) is 11.0. The van der Waals surface area contributed by atoms with Gasteiger partial charge in [0.25, 0.3) is 0 Å². The highest BCUT2D eigenvalue weighted by Gasteiger charge is 2.71. The molecule has 1 fully saturated rings. The number of carbonyl (C=O) groups excluding carboxylic acids is 3. The second kappa shape index (κ2) is 9.57. The number of nitrogens with zero attached hydrogens (tertiary/aromatic N) is 1. The van der Waals surface area contributed by atoms with E-state index in [0.717, 1.165) is 11.3 Å². The van der Waals surface area contributed by atoms with Crippen molar-refractivity contribution in [1.29, 1.82) is 0 Å². The summed E-state index contributed by atoms with van der Waals surface area (Å²) in [5.41, 5.74) is 1.94. The minimum atomic E-state index is -1.58. The van der Waals surface area contributed by atoms with E-state index in [1.807, 2.05) is 78.6 Å². The van der Waals surface area contributed by atoms with E-state index in [9.17, 15) is 14.4 Å². The van der Waals surface area contributed by atoms with Gasteiger partial charge < -0.3 is 9.64 Å². The number of hydrogen-bond acceptors (Lipinski definition) is 5. The molecule has 1 spiro atoms. The van der Waals surface area contributed by atoms with Crippen LogP contribution in [-0.2, 0) is 0 Å². The van der Waals surface area contributed by atoms with Crippen LogP contribution in [0.4, 0.5) is 5.69 Å². The number of fused-ring (bicyclic) bond motifs is 5. The Kier molecular flexibility index (Phi) is 5.95. The molecule has 0 unspecified atom stereocenters. The number of anilines is 1. The first-order valence-electron chi connectivity index (χ1n) is 13.7. The van der Waals surface area contributed by atoms with Gasteiger partial charge in [0.1, 0.15) is 17.2 Å². The Bertz CT molecular complexity index is 1730. The van der Waals surface area contributed by atoms with Crippen LogP contribution in [-0.4, -0.2) is 36.0 Å². The minimum absolute atomic E-state index is 0.170. The van der Waals surface area contributed by atoms with Gasteiger partial charge in [0.2, 0.25) is 0 Å². The number of Topliss-reactive ketones (excluding diaryl/α,β-unsaturated/α-hetero) is 3. The molecular formula is C35H26ClNO4. The van der Waals surface area contributed by atoms with Crippen LogP contribution < -0.4 is 9.64 Å². The molecule has 0 aromatic heterocycles. The molecular weight excluding hydrogens is 534 g/mol. The molecule has 2 heterocycles. The predicted molar refractivity (Wildman–Crippen MR) is 159 cm³/mol. The number of ketones is 3. The molecule has 4 aromatic rings. The highest BCUT2D eigenvalue weighted by molar-refractivity contribution is 6.32. The first-order valence-corrected chi connectivity index (χ1v) is 14.1. The van der Waals surface area contributed by atoms with Gasteiger partial charge in [-0.25, -0.2) is 0 Å². The summed E-state index contributed by atoms with van der Waals surface area (Å²) in [5, 5.41) is 0.561. The third kappa shape index (κ3) is 3.52. The van der Waals surface area contributed by atoms with Crippen molar-refractivity contribution in [2.24, 2.45) is 5.41 Å². The summed E-state index contributed by atoms with van der Waals surface area (Å²) in [6, 6.07) is 27.4. The summed E-state index contributed by atoms with van der Waals surface area (Å²) in [5.74, 6) is -0.982. The summed E-state index contributed by atoms with van der Waals surface area (Å²) in [4.78, 5) is 46.2. The van der Waals surface area contributed by atoms with Gasteiger partial charge in [0.15, 0.2) is 17.3 Å². The van der Waals surface area contributed by atoms with Crippen LogP contribution in [0, 0.1) is 5.41 Å². The fourth-order valence-corrected chi connectivity index (χ4v) is 7.27. The second-order valence-electron chi connectivity index (χ2n) is 10.6. The highest BCUT2D eigenvalue weighted by Crippen LogP contribution is 2.62. The predicted octanol–water partition coefficient (Wildman–Crippen LogP) is 7.06. The Hall–Kier alpha value is -4.48. The lowest BCUT2D eigenvalue weighted by atomic mass is 9.64. The van der Waals surface area contributed by atoms with E-state index in [1.54, 1.807) is 42.5 Å². The molecule has 202 valence electrons. The number of ether oxygens (including phenoxy) is 1. The van der Waals surface area contributed by atoms with Crippen molar-refractivity contribution in [3.8, 4) is 5.75 Å². The number of para-hydroxylation sites is 1. The number of halogens is 1. The molecule has 4 aromatic carbocycles. The first-order chi connectivity index (χ1) is 20.0. The van der Waals surface area contributed by atoms with Gasteiger partial charge in [0.05, 0.1) is 12.6 Å². The Morgan fingerprint density at radius 1 is 0.878 bits per heavy atom. The molecule has 7 rings (SSSR count). The molecule has 41 heavy (non-hydrogen) atoms. The quantitative estimate of drug-likeness (QED) is 0.193. The molecule has 3 atom stereocenters. The molecule has 5 nitrogen and oxygen atoms in total. The van der Waals surface area contributed by atoms with E-state index in [-0.39, 0.29) is 17.3 Å². The molecule has 0 radical (unpaired) electrons. The van der Waals surface area contributed by atoms with Crippen molar-refractivity contribution in [2.45, 2.75) is 24.9 Å². The maximum absolute atomic E-state index is 14.8. The van der Waals surface area contributed by atoms with Crippen LogP contribution in [0.3, 0.4) is 0 Å². The van der Waals surface area contributed by atoms with Crippen molar-refractivity contribution in [3.05, 3.63) is 136 Å². The van der Waals surface area contributed by atoms with Crippen LogP contribution in [0.1, 0.15) is 55.0 Å². The van der Waals surface area contributed by atoms with Crippen molar-refractivity contribution in [3.63, 3.8) is 0 Å². The molecule has 0 bridgehead atoms. The summed E-state index contributed by atoms with van der Waals surface area (Å²) in [6.07, 6.45) is 3.81. The van der Waals surface area contributed by atoms with E-state index in [2.05, 4.69) is 0 Å². The minimum Gasteiger partial charge on any atom is -0.494 e. The van der Waals surface area contributed by atoms with Gasteiger partial charge in [-0.2, -0.15) is 0 Å². The normalized spacial score (nSPS) is 21.5. The number of benzene rings is 4. The summed E-state index contributed by atoms with van der Waals surface area (Å²) >= 11 is 6.38. The van der Waals surface area contributed by atoms with Gasteiger partial charge in [0, 0.05) is 38.9 Å². The van der Waals surface area contributed by atoms with Crippen LogP contribution in [0.15, 0.2) is 103 Å². The largest absolute Gasteiger partial charge is 0.494 e. The Morgan fingerprint density at radius 3 is 2.24 bits per heavy atom. The standard InChI is InChI=1S/C35H26ClNO4/c1-2-41-28-15-9-8-14-26(28)30-31(32(38)21-10-4-3-5-11-21)37-27-18-17-23(36)20-22(27)16-19-29(37)35(30)33(39)24-12-6-7-13-25(24)34(35)40/h3-20,29-31H,2H2,1H3/t29-,30+,31-/m1/s1. The molecule has 0 saturated carbocycles. The smallest absolute Gasteiger partial charge is 0.185 e. The topological polar surface area (TPSA) is 63.7 Å². The molecule has 3 aliphatic rings. The summed E-state index contributed by atoms with van der Waals surface area (Å²) in [7, 11) is 0. The van der Waals surface area contributed by atoms with Crippen molar-refractivity contribution >= 4 is 40.7 Å². The molecule has 1 saturated heterocycles. The monoisotopic (exact) mass is 559 g/mol. The molecule has 2 aliphatic heterocycles. The first kappa shape index (κ1) is 25.5. The maximum Gasteiger partial charge on any atom is 0.185 e. The number of hydrogen-bond donors (Lipinski definition) is 0. The lowest BCUT2D eigenvalue weighted by Gasteiger charge is -2.37. The zero-order valence-corrected chi connectivity index (χ0v) is 23.0. The average molecular weight is 560 g/mol. The van der Waals surface area contributed by atoms with Gasteiger partial charge in [-0.3, -0.25) is 14.4 Å². The van der Waals surface area contributed by atoms with Crippen LogP contribution in [0.2, 0.25) is 5.02 Å². The third-order valence-corrected chi connectivity index (χ3v) is 8.88. The summed E-state index contributed by atoms with van der Waals surface area (Å²) in [6.45, 7) is 2.28. The fourth-order valence-electron chi connectivity index (χ4n) is 7.09. The van der Waals surface area contributed by atoms with E-state index in [0.29, 0.717) is 39.6 Å². The molecule has 0 N–H and O–H groups in total. The molecule has 1 aliphatic carbocycles. The maximum atomic E-state index is 14.8. The van der Waals surface area contributed by atoms with Crippen molar-refractivity contribution < 1.29 is 19.1 Å². The van der Waals surface area contributed by atoms with E-state index in [1.165, 1.54) is 0 Å². The van der Waals surface area contributed by atoms with E-state index < -0.39 is 23.4 Å². The Labute approximate surface area is 243 Å². The zero-order valence-electron chi connectivity index (χ0n) is 22.3. The lowest BCUT2D eigenvalue weighted by molar-refractivity contribution is 0.0664. The number of rotatable bonds is 5. The fraction of sp³-hybridized carbons (Fsp3) is 0.171. The van der Waals surface area contributed by atoms with Crippen molar-refractivity contribution in [1.82, 2.24) is 0 Å². The van der Waals surface area contributed by atoms with Crippen LogP contribution in [0.25, 0.3) is 6.08 Å². The van der Waals surface area contributed by atoms with E-state index >= 15 is 0 Å². The lowest BCUT2D eigenvalue weighted by Crippen LogP contribution is -2.48. The number of carbonyl (C=O) groups is 3. The van der Waals surface area contributed by atoms with E-state index in [4.69, 9.17) is 16.3 Å². The van der Waals surface area contributed by atoms with Crippen molar-refractivity contribution in [2.75, 3.05) is 11.5 Å². The van der Waals surface area contributed by atoms with Gasteiger partial charge in [-0.15, -0.1) is 0 Å². The molecule has 6 heteroatoms. The van der Waals surface area contributed by atoms with Gasteiger partial charge >= 0.3 is 0 Å². The highest BCUT2D eigenvalue weighted by atomic mass is 35.5. The van der Waals surface area contributed by atoms with Gasteiger partial charge in [-0.05, 0) is 36.8 Å². The van der Waals surface area contributed by atoms with Crippen LogP contribution in [0.5, 0.6) is 5.75 Å². The van der Waals surface area contributed by atoms with Crippen LogP contribution >= 0.6 is 11.6 Å².